The summed E-state index contributed by atoms with van der Waals surface area (Å²) in [6, 6.07) is 3.86. The molecule has 20 heavy (non-hydrogen) atoms. The van der Waals surface area contributed by atoms with Gasteiger partial charge < -0.3 is 10.4 Å². The van der Waals surface area contributed by atoms with Gasteiger partial charge in [0.15, 0.2) is 0 Å². The Labute approximate surface area is 121 Å². The summed E-state index contributed by atoms with van der Waals surface area (Å²) in [5.41, 5.74) is 0. The van der Waals surface area contributed by atoms with Crippen LogP contribution in [0.1, 0.15) is 24.3 Å². The molecule has 0 spiro atoms. The number of carbonyl (C=O) groups is 2. The monoisotopic (exact) mass is 291 g/mol. The average molecular weight is 291 g/mol. The zero-order valence-electron chi connectivity index (χ0n) is 11.2. The van der Waals surface area contributed by atoms with Crippen LogP contribution < -0.4 is 5.32 Å². The Bertz CT molecular complexity index is 551. The second kappa shape index (κ2) is 5.05. The summed E-state index contributed by atoms with van der Waals surface area (Å²) in [5.74, 6) is -1.88. The Balaban J connectivity index is 1.73. The highest BCUT2D eigenvalue weighted by molar-refractivity contribution is 7.10. The lowest BCUT2D eigenvalue weighted by atomic mass is 9.82. The van der Waals surface area contributed by atoms with Gasteiger partial charge in [-0.25, -0.2) is 0 Å². The van der Waals surface area contributed by atoms with Crippen LogP contribution in [0.15, 0.2) is 29.7 Å². The fourth-order valence-corrected chi connectivity index (χ4v) is 4.17. The molecule has 0 saturated heterocycles. The van der Waals surface area contributed by atoms with Crippen LogP contribution in [0.3, 0.4) is 0 Å². The quantitative estimate of drug-likeness (QED) is 0.837. The number of fused-ring (bicyclic) bond motifs is 2. The molecule has 0 radical (unpaired) electrons. The lowest BCUT2D eigenvalue weighted by Gasteiger charge is -2.25. The van der Waals surface area contributed by atoms with Crippen molar-refractivity contribution >= 4 is 23.2 Å². The highest BCUT2D eigenvalue weighted by Crippen LogP contribution is 2.48. The molecule has 1 aromatic heterocycles. The molecule has 1 aromatic rings. The standard InChI is InChI=1S/C15H17NO3S/c1-8(11-3-2-6-20-11)16-14(17)12-9-4-5-10(7-9)13(12)15(18)19/h2-6,8-10,12-13H,7H2,1H3,(H,16,17)(H,18,19)/t8-,9?,10?,12-,13+/m0/s1. The zero-order chi connectivity index (χ0) is 14.3. The first-order chi connectivity index (χ1) is 9.58. The van der Waals surface area contributed by atoms with Crippen LogP contribution in [0.2, 0.25) is 0 Å². The van der Waals surface area contributed by atoms with E-state index in [1.807, 2.05) is 36.6 Å². The fraction of sp³-hybridized carbons (Fsp3) is 0.467. The molecule has 106 valence electrons. The molecule has 1 fully saturated rings. The Morgan fingerprint density at radius 3 is 2.65 bits per heavy atom. The summed E-state index contributed by atoms with van der Waals surface area (Å²) in [4.78, 5) is 24.9. The van der Waals surface area contributed by atoms with Crippen molar-refractivity contribution in [3.8, 4) is 0 Å². The number of allylic oxidation sites excluding steroid dienone is 2. The predicted octanol–water partition coefficient (Wildman–Crippen LogP) is 2.45. The van der Waals surface area contributed by atoms with Gasteiger partial charge in [-0.15, -0.1) is 11.3 Å². The predicted molar refractivity (Wildman–Crippen MR) is 76.2 cm³/mol. The maximum Gasteiger partial charge on any atom is 0.307 e. The Morgan fingerprint density at radius 2 is 2.05 bits per heavy atom. The van der Waals surface area contributed by atoms with Crippen molar-refractivity contribution < 1.29 is 14.7 Å². The van der Waals surface area contributed by atoms with E-state index in [-0.39, 0.29) is 23.8 Å². The van der Waals surface area contributed by atoms with E-state index in [4.69, 9.17) is 0 Å². The molecule has 0 aliphatic heterocycles. The van der Waals surface area contributed by atoms with E-state index >= 15 is 0 Å². The minimum absolute atomic E-state index is 0.0188. The molecule has 2 unspecified atom stereocenters. The van der Waals surface area contributed by atoms with Gasteiger partial charge in [0, 0.05) is 4.88 Å². The maximum atomic E-state index is 12.5. The summed E-state index contributed by atoms with van der Waals surface area (Å²) in [5, 5.41) is 14.3. The van der Waals surface area contributed by atoms with Gasteiger partial charge in [-0.3, -0.25) is 9.59 Å². The molecular weight excluding hydrogens is 274 g/mol. The summed E-state index contributed by atoms with van der Waals surface area (Å²) in [6.07, 6.45) is 4.75. The summed E-state index contributed by atoms with van der Waals surface area (Å²) >= 11 is 1.59. The van der Waals surface area contributed by atoms with Crippen molar-refractivity contribution in [1.82, 2.24) is 5.32 Å². The first kappa shape index (κ1) is 13.4. The molecule has 2 N–H and O–H groups in total. The van der Waals surface area contributed by atoms with Crippen LogP contribution in [0.4, 0.5) is 0 Å². The van der Waals surface area contributed by atoms with E-state index in [2.05, 4.69) is 5.32 Å². The number of thiophene rings is 1. The fourth-order valence-electron chi connectivity index (χ4n) is 3.43. The summed E-state index contributed by atoms with van der Waals surface area (Å²) < 4.78 is 0. The third-order valence-corrected chi connectivity index (χ3v) is 5.43. The minimum atomic E-state index is -0.856. The highest BCUT2D eigenvalue weighted by Gasteiger charge is 2.51. The number of hydrogen-bond acceptors (Lipinski definition) is 3. The van der Waals surface area contributed by atoms with Gasteiger partial charge in [-0.05, 0) is 36.6 Å². The van der Waals surface area contributed by atoms with Crippen molar-refractivity contribution in [1.29, 1.82) is 0 Å². The second-order valence-corrected chi connectivity index (χ2v) is 6.56. The largest absolute Gasteiger partial charge is 0.481 e. The van der Waals surface area contributed by atoms with E-state index in [0.29, 0.717) is 0 Å². The number of amides is 1. The second-order valence-electron chi connectivity index (χ2n) is 5.58. The van der Waals surface area contributed by atoms with Crippen LogP contribution in [0, 0.1) is 23.7 Å². The molecule has 2 aliphatic carbocycles. The highest BCUT2D eigenvalue weighted by atomic mass is 32.1. The summed E-state index contributed by atoms with van der Waals surface area (Å²) in [7, 11) is 0. The van der Waals surface area contributed by atoms with E-state index in [9.17, 15) is 14.7 Å². The number of carboxylic acids is 1. The zero-order valence-corrected chi connectivity index (χ0v) is 12.0. The molecule has 2 aliphatic rings. The number of nitrogens with one attached hydrogen (secondary N) is 1. The third kappa shape index (κ3) is 2.16. The lowest BCUT2D eigenvalue weighted by molar-refractivity contribution is -0.148. The van der Waals surface area contributed by atoms with Crippen LogP contribution >= 0.6 is 11.3 Å². The van der Waals surface area contributed by atoms with Gasteiger partial charge in [0.05, 0.1) is 17.9 Å². The number of aliphatic carboxylic acids is 1. The van der Waals surface area contributed by atoms with Crippen molar-refractivity contribution in [2.75, 3.05) is 0 Å². The molecule has 2 bridgehead atoms. The van der Waals surface area contributed by atoms with Gasteiger partial charge in [-0.2, -0.15) is 0 Å². The molecule has 5 atom stereocenters. The van der Waals surface area contributed by atoms with Crippen LogP contribution in [0.5, 0.6) is 0 Å². The van der Waals surface area contributed by atoms with Crippen molar-refractivity contribution in [3.05, 3.63) is 34.5 Å². The topological polar surface area (TPSA) is 66.4 Å². The van der Waals surface area contributed by atoms with Gasteiger partial charge >= 0.3 is 5.97 Å². The van der Waals surface area contributed by atoms with Crippen LogP contribution in [-0.4, -0.2) is 17.0 Å². The average Bonchev–Trinajstić information content (AvgIpc) is 3.13. The molecule has 5 heteroatoms. The Kier molecular flexibility index (Phi) is 3.38. The third-order valence-electron chi connectivity index (χ3n) is 4.38. The van der Waals surface area contributed by atoms with Crippen LogP contribution in [-0.2, 0) is 9.59 Å². The lowest BCUT2D eigenvalue weighted by Crippen LogP contribution is -2.40. The van der Waals surface area contributed by atoms with Gasteiger partial charge in [0.1, 0.15) is 0 Å². The van der Waals surface area contributed by atoms with E-state index < -0.39 is 17.8 Å². The Morgan fingerprint density at radius 1 is 1.35 bits per heavy atom. The van der Waals surface area contributed by atoms with Gasteiger partial charge in [0.25, 0.3) is 0 Å². The molecule has 3 rings (SSSR count). The van der Waals surface area contributed by atoms with E-state index in [1.54, 1.807) is 11.3 Å². The normalized spacial score (nSPS) is 32.2. The molecular formula is C15H17NO3S. The molecule has 1 heterocycles. The molecule has 4 nitrogen and oxygen atoms in total. The molecule has 0 aromatic carbocycles. The first-order valence-electron chi connectivity index (χ1n) is 6.83. The van der Waals surface area contributed by atoms with E-state index in [0.717, 1.165) is 11.3 Å². The number of hydrogen-bond donors (Lipinski definition) is 2. The Hall–Kier alpha value is -1.62. The van der Waals surface area contributed by atoms with Crippen LogP contribution in [0.25, 0.3) is 0 Å². The smallest absolute Gasteiger partial charge is 0.307 e. The first-order valence-corrected chi connectivity index (χ1v) is 7.71. The number of carboxylic acid groups (broad SMARTS) is 1. The minimum Gasteiger partial charge on any atom is -0.481 e. The maximum absolute atomic E-state index is 12.5. The molecule has 1 amide bonds. The van der Waals surface area contributed by atoms with Crippen molar-refractivity contribution in [2.45, 2.75) is 19.4 Å². The number of carbonyl (C=O) groups excluding carboxylic acids is 1. The van der Waals surface area contributed by atoms with Gasteiger partial charge in [-0.1, -0.05) is 18.2 Å². The number of rotatable bonds is 4. The van der Waals surface area contributed by atoms with E-state index in [1.165, 1.54) is 0 Å². The molecule has 1 saturated carbocycles. The van der Waals surface area contributed by atoms with Crippen molar-refractivity contribution in [2.24, 2.45) is 23.7 Å². The SMILES string of the molecule is C[C@H](NC(=O)[C@H]1C2C=CC(C2)[C@H]1C(=O)O)c1cccs1. The van der Waals surface area contributed by atoms with Gasteiger partial charge in [0.2, 0.25) is 5.91 Å². The van der Waals surface area contributed by atoms with Crippen molar-refractivity contribution in [3.63, 3.8) is 0 Å². The summed E-state index contributed by atoms with van der Waals surface area (Å²) in [6.45, 7) is 1.93.